The average Bonchev–Trinajstić information content (AvgIpc) is 2.68. The molecule has 2 aromatic carbocycles. The van der Waals surface area contributed by atoms with Gasteiger partial charge in [0.1, 0.15) is 0 Å². The van der Waals surface area contributed by atoms with E-state index in [4.69, 9.17) is 9.47 Å². The number of benzene rings is 2. The summed E-state index contributed by atoms with van der Waals surface area (Å²) >= 11 is 0. The molecule has 6 heteroatoms. The van der Waals surface area contributed by atoms with Crippen LogP contribution >= 0.6 is 0 Å². The predicted molar refractivity (Wildman–Crippen MR) is 108 cm³/mol. The molecular formula is C22H27NO5. The first-order valence-electron chi connectivity index (χ1n) is 9.30. The van der Waals surface area contributed by atoms with E-state index in [1.807, 2.05) is 55.5 Å². The van der Waals surface area contributed by atoms with Crippen LogP contribution < -0.4 is 4.90 Å². The fraction of sp³-hybridized carbons (Fsp3) is 0.364. The molecule has 2 aromatic rings. The van der Waals surface area contributed by atoms with Crippen LogP contribution in [0.2, 0.25) is 0 Å². The lowest BCUT2D eigenvalue weighted by molar-refractivity contribution is -0.149. The van der Waals surface area contributed by atoms with Gasteiger partial charge < -0.3 is 14.6 Å². The molecule has 1 N–H and O–H groups in total. The number of aryl methyl sites for hydroxylation is 1. The van der Waals surface area contributed by atoms with Gasteiger partial charge in [-0.2, -0.15) is 0 Å². The highest BCUT2D eigenvalue weighted by atomic mass is 16.6. The highest BCUT2D eigenvalue weighted by molar-refractivity contribution is 5.86. The van der Waals surface area contributed by atoms with Gasteiger partial charge in [0, 0.05) is 32.2 Å². The minimum Gasteiger partial charge on any atom is -0.479 e. The molecule has 1 unspecified atom stereocenters. The van der Waals surface area contributed by atoms with Crippen molar-refractivity contribution in [3.05, 3.63) is 65.2 Å². The van der Waals surface area contributed by atoms with Crippen LogP contribution in [-0.2, 0) is 27.1 Å². The lowest BCUT2D eigenvalue weighted by atomic mass is 10.0. The highest BCUT2D eigenvalue weighted by Gasteiger charge is 2.18. The van der Waals surface area contributed by atoms with Gasteiger partial charge in [0.2, 0.25) is 0 Å². The second kappa shape index (κ2) is 10.5. The SMILES string of the molecule is CCOC(Cc1cccc(CCOC(=O)N(C)c2ccc(C)cc2)c1)C(=O)O. The molecule has 1 amide bonds. The van der Waals surface area contributed by atoms with E-state index >= 15 is 0 Å². The molecule has 2 rings (SSSR count). The molecular weight excluding hydrogens is 358 g/mol. The third-order valence-corrected chi connectivity index (χ3v) is 4.37. The van der Waals surface area contributed by atoms with E-state index in [0.29, 0.717) is 19.4 Å². The van der Waals surface area contributed by atoms with Crippen molar-refractivity contribution >= 4 is 17.7 Å². The summed E-state index contributed by atoms with van der Waals surface area (Å²) in [7, 11) is 1.67. The number of amides is 1. The van der Waals surface area contributed by atoms with Crippen LogP contribution in [0.5, 0.6) is 0 Å². The Kier molecular flexibility index (Phi) is 8.02. The molecule has 0 aromatic heterocycles. The molecule has 0 saturated carbocycles. The van der Waals surface area contributed by atoms with Gasteiger partial charge in [-0.3, -0.25) is 4.90 Å². The van der Waals surface area contributed by atoms with Crippen LogP contribution in [0.1, 0.15) is 23.6 Å². The second-order valence-corrected chi connectivity index (χ2v) is 6.57. The zero-order valence-electron chi connectivity index (χ0n) is 16.6. The highest BCUT2D eigenvalue weighted by Crippen LogP contribution is 2.15. The Labute approximate surface area is 165 Å². The number of carboxylic acid groups (broad SMARTS) is 1. The summed E-state index contributed by atoms with van der Waals surface area (Å²) in [6.45, 7) is 4.35. The molecule has 28 heavy (non-hydrogen) atoms. The van der Waals surface area contributed by atoms with Crippen LogP contribution in [0.15, 0.2) is 48.5 Å². The Balaban J connectivity index is 1.88. The van der Waals surface area contributed by atoms with Crippen LogP contribution in [0.25, 0.3) is 0 Å². The Hall–Kier alpha value is -2.86. The molecule has 0 spiro atoms. The number of carboxylic acids is 1. The van der Waals surface area contributed by atoms with Crippen molar-refractivity contribution in [2.45, 2.75) is 32.8 Å². The number of carbonyl (C=O) groups is 2. The third-order valence-electron chi connectivity index (χ3n) is 4.37. The smallest absolute Gasteiger partial charge is 0.414 e. The molecule has 0 aliphatic heterocycles. The number of ether oxygens (including phenoxy) is 2. The van der Waals surface area contributed by atoms with Crippen molar-refractivity contribution < 1.29 is 24.2 Å². The lowest BCUT2D eigenvalue weighted by Crippen LogP contribution is -2.27. The van der Waals surface area contributed by atoms with E-state index < -0.39 is 18.2 Å². The maximum absolute atomic E-state index is 12.2. The molecule has 0 radical (unpaired) electrons. The Bertz CT molecular complexity index is 788. The molecule has 0 aliphatic carbocycles. The standard InChI is InChI=1S/C22H27NO5/c1-4-27-20(21(24)25)15-18-7-5-6-17(14-18)12-13-28-22(26)23(3)19-10-8-16(2)9-11-19/h5-11,14,20H,4,12-13,15H2,1-3H3,(H,24,25). The summed E-state index contributed by atoms with van der Waals surface area (Å²) < 4.78 is 10.6. The molecule has 0 fully saturated rings. The van der Waals surface area contributed by atoms with Gasteiger partial charge in [-0.05, 0) is 37.1 Å². The van der Waals surface area contributed by atoms with E-state index in [2.05, 4.69) is 0 Å². The van der Waals surface area contributed by atoms with E-state index in [9.17, 15) is 14.7 Å². The number of carbonyl (C=O) groups excluding carboxylic acids is 1. The Morgan fingerprint density at radius 1 is 1.11 bits per heavy atom. The van der Waals surface area contributed by atoms with E-state index in [1.165, 1.54) is 4.90 Å². The molecule has 0 saturated heterocycles. The normalized spacial score (nSPS) is 11.7. The van der Waals surface area contributed by atoms with E-state index in [-0.39, 0.29) is 6.61 Å². The Morgan fingerprint density at radius 3 is 2.43 bits per heavy atom. The fourth-order valence-electron chi connectivity index (χ4n) is 2.77. The van der Waals surface area contributed by atoms with Crippen LogP contribution in [-0.4, -0.2) is 43.5 Å². The van der Waals surface area contributed by atoms with E-state index in [0.717, 1.165) is 22.4 Å². The topological polar surface area (TPSA) is 76.1 Å². The molecule has 0 bridgehead atoms. The molecule has 0 aliphatic rings. The maximum Gasteiger partial charge on any atom is 0.414 e. The van der Waals surface area contributed by atoms with Crippen molar-refractivity contribution in [2.75, 3.05) is 25.2 Å². The van der Waals surface area contributed by atoms with Crippen molar-refractivity contribution in [1.29, 1.82) is 0 Å². The number of aliphatic carboxylic acids is 1. The second-order valence-electron chi connectivity index (χ2n) is 6.57. The van der Waals surface area contributed by atoms with Crippen molar-refractivity contribution in [2.24, 2.45) is 0 Å². The van der Waals surface area contributed by atoms with Crippen LogP contribution in [0.4, 0.5) is 10.5 Å². The summed E-state index contributed by atoms with van der Waals surface area (Å²) in [5.74, 6) is -0.972. The minimum atomic E-state index is -0.972. The number of rotatable bonds is 9. The van der Waals surface area contributed by atoms with Crippen molar-refractivity contribution in [1.82, 2.24) is 0 Å². The summed E-state index contributed by atoms with van der Waals surface area (Å²) in [5, 5.41) is 9.21. The number of hydrogen-bond donors (Lipinski definition) is 1. The van der Waals surface area contributed by atoms with Crippen molar-refractivity contribution in [3.63, 3.8) is 0 Å². The van der Waals surface area contributed by atoms with Crippen LogP contribution in [0.3, 0.4) is 0 Å². The van der Waals surface area contributed by atoms with Gasteiger partial charge >= 0.3 is 12.1 Å². The molecule has 1 atom stereocenters. The zero-order valence-corrected chi connectivity index (χ0v) is 16.6. The first kappa shape index (κ1) is 21.4. The van der Waals surface area contributed by atoms with Gasteiger partial charge in [0.25, 0.3) is 0 Å². The fourth-order valence-corrected chi connectivity index (χ4v) is 2.77. The average molecular weight is 385 g/mol. The number of anilines is 1. The predicted octanol–water partition coefficient (Wildman–Crippen LogP) is 3.84. The third kappa shape index (κ3) is 6.39. The lowest BCUT2D eigenvalue weighted by Gasteiger charge is -2.17. The van der Waals surface area contributed by atoms with Crippen LogP contribution in [0, 0.1) is 6.92 Å². The van der Waals surface area contributed by atoms with Gasteiger partial charge in [-0.15, -0.1) is 0 Å². The molecule has 6 nitrogen and oxygen atoms in total. The molecule has 0 heterocycles. The van der Waals surface area contributed by atoms with Gasteiger partial charge in [0.05, 0.1) is 6.61 Å². The quantitative estimate of drug-likeness (QED) is 0.710. The van der Waals surface area contributed by atoms with Gasteiger partial charge in [-0.25, -0.2) is 9.59 Å². The summed E-state index contributed by atoms with van der Waals surface area (Å²) in [5.41, 5.74) is 3.75. The monoisotopic (exact) mass is 385 g/mol. The molecule has 150 valence electrons. The minimum absolute atomic E-state index is 0.242. The number of hydrogen-bond acceptors (Lipinski definition) is 4. The first-order chi connectivity index (χ1) is 13.4. The maximum atomic E-state index is 12.2. The summed E-state index contributed by atoms with van der Waals surface area (Å²) in [6, 6.07) is 15.2. The summed E-state index contributed by atoms with van der Waals surface area (Å²) in [4.78, 5) is 24.9. The number of nitrogens with zero attached hydrogens (tertiary/aromatic N) is 1. The van der Waals surface area contributed by atoms with Gasteiger partial charge in [-0.1, -0.05) is 42.0 Å². The van der Waals surface area contributed by atoms with Gasteiger partial charge in [0.15, 0.2) is 6.10 Å². The van der Waals surface area contributed by atoms with E-state index in [1.54, 1.807) is 14.0 Å². The van der Waals surface area contributed by atoms with Crippen molar-refractivity contribution in [3.8, 4) is 0 Å². The first-order valence-corrected chi connectivity index (χ1v) is 9.30. The Morgan fingerprint density at radius 2 is 1.79 bits per heavy atom. The summed E-state index contributed by atoms with van der Waals surface area (Å²) in [6.07, 6.45) is -0.427. The largest absolute Gasteiger partial charge is 0.479 e. The zero-order chi connectivity index (χ0) is 20.5.